The quantitative estimate of drug-likeness (QED) is 0.695. The van der Waals surface area contributed by atoms with Gasteiger partial charge in [-0.1, -0.05) is 29.3 Å². The van der Waals surface area contributed by atoms with Gasteiger partial charge in [-0.15, -0.1) is 0 Å². The molecule has 2 rings (SSSR count). The van der Waals surface area contributed by atoms with Crippen LogP contribution in [0.1, 0.15) is 26.3 Å². The number of anilines is 1. The Labute approximate surface area is 153 Å². The number of amides is 1. The van der Waals surface area contributed by atoms with Gasteiger partial charge in [-0.05, 0) is 55.0 Å². The number of aromatic carboxylic acids is 1. The van der Waals surface area contributed by atoms with Crippen LogP contribution in [-0.4, -0.2) is 22.1 Å². The number of rotatable bonds is 3. The number of halogens is 2. The van der Waals surface area contributed by atoms with E-state index < -0.39 is 11.9 Å². The zero-order chi connectivity index (χ0) is 17.9. The number of thiocarbonyl (C=S) groups is 1. The van der Waals surface area contributed by atoms with Gasteiger partial charge < -0.3 is 10.4 Å². The molecule has 3 N–H and O–H groups in total. The molecular formula is C16H12Cl2N2O3S. The van der Waals surface area contributed by atoms with Crippen molar-refractivity contribution >= 4 is 58.1 Å². The van der Waals surface area contributed by atoms with Crippen molar-refractivity contribution < 1.29 is 14.7 Å². The van der Waals surface area contributed by atoms with Crippen molar-refractivity contribution in [2.45, 2.75) is 6.92 Å². The normalized spacial score (nSPS) is 10.1. The number of hydrogen-bond acceptors (Lipinski definition) is 3. The number of carboxylic acids is 1. The molecule has 5 nitrogen and oxygen atoms in total. The number of nitrogens with one attached hydrogen (secondary N) is 2. The summed E-state index contributed by atoms with van der Waals surface area (Å²) in [6.07, 6.45) is 0. The monoisotopic (exact) mass is 382 g/mol. The van der Waals surface area contributed by atoms with E-state index in [-0.39, 0.29) is 21.4 Å². The first-order valence-electron chi connectivity index (χ1n) is 6.69. The summed E-state index contributed by atoms with van der Waals surface area (Å²) in [5.74, 6) is -1.63. The van der Waals surface area contributed by atoms with Crippen LogP contribution in [0.3, 0.4) is 0 Å². The molecule has 2 aromatic rings. The van der Waals surface area contributed by atoms with E-state index in [2.05, 4.69) is 10.6 Å². The van der Waals surface area contributed by atoms with Crippen LogP contribution in [0, 0.1) is 6.92 Å². The van der Waals surface area contributed by atoms with E-state index >= 15 is 0 Å². The van der Waals surface area contributed by atoms with Crippen molar-refractivity contribution in [3.63, 3.8) is 0 Å². The van der Waals surface area contributed by atoms with E-state index in [0.717, 1.165) is 5.56 Å². The molecule has 0 saturated heterocycles. The van der Waals surface area contributed by atoms with Crippen molar-refractivity contribution in [1.29, 1.82) is 0 Å². The lowest BCUT2D eigenvalue weighted by Gasteiger charge is -2.12. The predicted molar refractivity (Wildman–Crippen MR) is 98.3 cm³/mol. The third-order valence-electron chi connectivity index (χ3n) is 3.12. The lowest BCUT2D eigenvalue weighted by Crippen LogP contribution is -2.34. The van der Waals surface area contributed by atoms with E-state index in [0.29, 0.717) is 10.6 Å². The van der Waals surface area contributed by atoms with Gasteiger partial charge in [0.05, 0.1) is 11.3 Å². The molecule has 24 heavy (non-hydrogen) atoms. The molecule has 0 fully saturated rings. The van der Waals surface area contributed by atoms with E-state index in [1.807, 2.05) is 6.92 Å². The van der Waals surface area contributed by atoms with Crippen molar-refractivity contribution in [2.24, 2.45) is 0 Å². The van der Waals surface area contributed by atoms with Crippen LogP contribution < -0.4 is 10.6 Å². The average molecular weight is 383 g/mol. The fraction of sp³-hybridized carbons (Fsp3) is 0.0625. The number of carboxylic acid groups (broad SMARTS) is 1. The maximum atomic E-state index is 12.1. The highest BCUT2D eigenvalue weighted by molar-refractivity contribution is 7.80. The Morgan fingerprint density at radius 1 is 1.12 bits per heavy atom. The zero-order valence-electron chi connectivity index (χ0n) is 12.4. The Bertz CT molecular complexity index is 840. The van der Waals surface area contributed by atoms with E-state index in [1.54, 1.807) is 12.1 Å². The minimum absolute atomic E-state index is 0.0403. The molecule has 0 aliphatic heterocycles. The van der Waals surface area contributed by atoms with Gasteiger partial charge in [-0.2, -0.15) is 0 Å². The molecule has 0 radical (unpaired) electrons. The highest BCUT2D eigenvalue weighted by atomic mass is 35.5. The minimum atomic E-state index is -1.17. The second kappa shape index (κ2) is 7.61. The van der Waals surface area contributed by atoms with Crippen LogP contribution in [0.2, 0.25) is 10.0 Å². The fourth-order valence-corrected chi connectivity index (χ4v) is 2.42. The van der Waals surface area contributed by atoms with Crippen LogP contribution in [0.15, 0.2) is 36.4 Å². The number of aryl methyl sites for hydroxylation is 1. The summed E-state index contributed by atoms with van der Waals surface area (Å²) in [5, 5.41) is 15.0. The maximum absolute atomic E-state index is 12.1. The van der Waals surface area contributed by atoms with Crippen molar-refractivity contribution in [3.05, 3.63) is 63.1 Å². The van der Waals surface area contributed by atoms with Crippen molar-refractivity contribution in [1.82, 2.24) is 5.32 Å². The Kier molecular flexibility index (Phi) is 5.77. The minimum Gasteiger partial charge on any atom is -0.478 e. The molecule has 0 spiro atoms. The van der Waals surface area contributed by atoms with Gasteiger partial charge in [0, 0.05) is 15.6 Å². The molecule has 8 heteroatoms. The largest absolute Gasteiger partial charge is 0.478 e. The van der Waals surface area contributed by atoms with E-state index in [9.17, 15) is 14.7 Å². The van der Waals surface area contributed by atoms with Gasteiger partial charge in [0.1, 0.15) is 0 Å². The second-order valence-electron chi connectivity index (χ2n) is 4.87. The summed E-state index contributed by atoms with van der Waals surface area (Å²) >= 11 is 16.8. The maximum Gasteiger partial charge on any atom is 0.337 e. The number of carbonyl (C=O) groups is 2. The van der Waals surface area contributed by atoms with Gasteiger partial charge >= 0.3 is 5.97 Å². The first-order valence-corrected chi connectivity index (χ1v) is 7.85. The van der Waals surface area contributed by atoms with Crippen LogP contribution in [0.5, 0.6) is 0 Å². The summed E-state index contributed by atoms with van der Waals surface area (Å²) < 4.78 is 0. The number of hydrogen-bond donors (Lipinski definition) is 3. The molecule has 0 aliphatic carbocycles. The van der Waals surface area contributed by atoms with Gasteiger partial charge in [0.2, 0.25) is 0 Å². The molecule has 0 saturated carbocycles. The fourth-order valence-electron chi connectivity index (χ4n) is 1.87. The molecule has 0 atom stereocenters. The Balaban J connectivity index is 2.12. The third-order valence-corrected chi connectivity index (χ3v) is 3.97. The molecule has 124 valence electrons. The molecular weight excluding hydrogens is 371 g/mol. The molecule has 0 unspecified atom stereocenters. The molecule has 0 heterocycles. The zero-order valence-corrected chi connectivity index (χ0v) is 14.7. The third kappa shape index (κ3) is 4.44. The highest BCUT2D eigenvalue weighted by Crippen LogP contribution is 2.21. The molecule has 1 amide bonds. The smallest absolute Gasteiger partial charge is 0.337 e. The Morgan fingerprint density at radius 3 is 2.46 bits per heavy atom. The topological polar surface area (TPSA) is 78.4 Å². The predicted octanol–water partition coefficient (Wildman–Crippen LogP) is 4.13. The first kappa shape index (κ1) is 18.2. The van der Waals surface area contributed by atoms with Gasteiger partial charge in [0.25, 0.3) is 5.91 Å². The summed E-state index contributed by atoms with van der Waals surface area (Å²) in [6.45, 7) is 1.82. The summed E-state index contributed by atoms with van der Waals surface area (Å²) in [7, 11) is 0. The number of carbonyl (C=O) groups excluding carboxylic acids is 1. The SMILES string of the molecule is Cc1ccc(C(=O)NC(=S)Nc2ccc(Cl)cc2C(=O)O)cc1Cl. The van der Waals surface area contributed by atoms with Crippen LogP contribution in [0.4, 0.5) is 5.69 Å². The molecule has 0 aliphatic rings. The molecule has 0 bridgehead atoms. The molecule has 0 aromatic heterocycles. The standard InChI is InChI=1S/C16H12Cl2N2O3S/c1-8-2-3-9(6-12(8)18)14(21)20-16(24)19-13-5-4-10(17)7-11(13)15(22)23/h2-7H,1H3,(H,22,23)(H2,19,20,21,24). The van der Waals surface area contributed by atoms with Crippen LogP contribution >= 0.6 is 35.4 Å². The van der Waals surface area contributed by atoms with E-state index in [4.69, 9.17) is 35.4 Å². The van der Waals surface area contributed by atoms with Gasteiger partial charge in [-0.25, -0.2) is 4.79 Å². The van der Waals surface area contributed by atoms with Crippen LogP contribution in [-0.2, 0) is 0 Å². The molecule has 2 aromatic carbocycles. The van der Waals surface area contributed by atoms with Crippen LogP contribution in [0.25, 0.3) is 0 Å². The van der Waals surface area contributed by atoms with Gasteiger partial charge in [0.15, 0.2) is 5.11 Å². The Hall–Kier alpha value is -2.15. The van der Waals surface area contributed by atoms with Gasteiger partial charge in [-0.3, -0.25) is 10.1 Å². The number of benzene rings is 2. The lowest BCUT2D eigenvalue weighted by atomic mass is 10.1. The van der Waals surface area contributed by atoms with Crippen molar-refractivity contribution in [2.75, 3.05) is 5.32 Å². The first-order chi connectivity index (χ1) is 11.3. The summed E-state index contributed by atoms with van der Waals surface area (Å²) in [6, 6.07) is 9.13. The summed E-state index contributed by atoms with van der Waals surface area (Å²) in [5.41, 5.74) is 1.35. The summed E-state index contributed by atoms with van der Waals surface area (Å²) in [4.78, 5) is 23.4. The lowest BCUT2D eigenvalue weighted by molar-refractivity contribution is 0.0698. The highest BCUT2D eigenvalue weighted by Gasteiger charge is 2.14. The van der Waals surface area contributed by atoms with E-state index in [1.165, 1.54) is 24.3 Å². The second-order valence-corrected chi connectivity index (χ2v) is 6.12. The Morgan fingerprint density at radius 2 is 1.83 bits per heavy atom. The average Bonchev–Trinajstić information content (AvgIpc) is 2.51. The van der Waals surface area contributed by atoms with Crippen molar-refractivity contribution in [3.8, 4) is 0 Å².